The van der Waals surface area contributed by atoms with Crippen LogP contribution in [0.15, 0.2) is 15.6 Å². The van der Waals surface area contributed by atoms with E-state index in [1.165, 1.54) is 16.7 Å². The molecule has 0 spiro atoms. The Morgan fingerprint density at radius 2 is 1.90 bits per heavy atom. The Balaban J connectivity index is 2.33. The summed E-state index contributed by atoms with van der Waals surface area (Å²) >= 11 is 4.64. The van der Waals surface area contributed by atoms with Gasteiger partial charge in [0.05, 0.1) is 27.8 Å². The van der Waals surface area contributed by atoms with E-state index in [4.69, 9.17) is 9.47 Å². The second-order valence-electron chi connectivity index (χ2n) is 11.7. The third-order valence-electron chi connectivity index (χ3n) is 6.14. The number of carbonyl (C=O) groups excluding carboxylic acids is 2. The van der Waals surface area contributed by atoms with E-state index in [9.17, 15) is 14.9 Å². The lowest BCUT2D eigenvalue weighted by Gasteiger charge is -2.33. The van der Waals surface area contributed by atoms with E-state index in [0.29, 0.717) is 46.6 Å². The number of hydrogen-bond donors (Lipinski definition) is 0. The summed E-state index contributed by atoms with van der Waals surface area (Å²) in [5.41, 5.74) is -0.0478. The molecule has 2 heterocycles. The van der Waals surface area contributed by atoms with E-state index in [2.05, 4.69) is 38.8 Å². The number of aromatic nitrogens is 1. The molecule has 11 heteroatoms. The number of nitriles is 1. The summed E-state index contributed by atoms with van der Waals surface area (Å²) in [4.78, 5) is 34.6. The highest BCUT2D eigenvalue weighted by atomic mass is 79.9. The van der Waals surface area contributed by atoms with Crippen molar-refractivity contribution in [1.29, 1.82) is 5.26 Å². The molecular formula is C30H36BrFN4O4S. The van der Waals surface area contributed by atoms with Crippen LogP contribution in [0.4, 0.5) is 19.7 Å². The zero-order valence-corrected chi connectivity index (χ0v) is 27.2. The van der Waals surface area contributed by atoms with Gasteiger partial charge in [0.1, 0.15) is 21.7 Å². The van der Waals surface area contributed by atoms with Crippen LogP contribution >= 0.6 is 27.7 Å². The fourth-order valence-electron chi connectivity index (χ4n) is 4.54. The number of carbonyl (C=O) groups is 2. The van der Waals surface area contributed by atoms with Gasteiger partial charge in [0.15, 0.2) is 5.82 Å². The molecule has 1 aromatic carbocycles. The maximum absolute atomic E-state index is 15.9. The predicted molar refractivity (Wildman–Crippen MR) is 163 cm³/mol. The Bertz CT molecular complexity index is 1450. The third kappa shape index (κ3) is 7.64. The molecule has 0 N–H and O–H groups in total. The molecule has 3 rings (SSSR count). The van der Waals surface area contributed by atoms with E-state index in [1.807, 2.05) is 6.26 Å². The molecular weight excluding hydrogens is 611 g/mol. The lowest BCUT2D eigenvalue weighted by molar-refractivity contribution is 0.0287. The first-order valence-corrected chi connectivity index (χ1v) is 15.3. The summed E-state index contributed by atoms with van der Waals surface area (Å²) in [7, 11) is 0. The van der Waals surface area contributed by atoms with Crippen molar-refractivity contribution in [3.63, 3.8) is 0 Å². The van der Waals surface area contributed by atoms with Crippen molar-refractivity contribution < 1.29 is 23.5 Å². The van der Waals surface area contributed by atoms with Crippen molar-refractivity contribution in [2.75, 3.05) is 24.2 Å². The van der Waals surface area contributed by atoms with Gasteiger partial charge in [-0.2, -0.15) is 5.26 Å². The zero-order valence-electron chi connectivity index (χ0n) is 24.8. The van der Waals surface area contributed by atoms with E-state index >= 15 is 4.39 Å². The Kier molecular flexibility index (Phi) is 10.2. The highest BCUT2D eigenvalue weighted by Gasteiger charge is 2.40. The van der Waals surface area contributed by atoms with Gasteiger partial charge in [-0.25, -0.2) is 19.0 Å². The Hall–Kier alpha value is -3.02. The molecule has 0 saturated carbocycles. The van der Waals surface area contributed by atoms with Crippen LogP contribution in [0.5, 0.6) is 0 Å². The molecule has 2 aromatic rings. The number of ether oxygens (including phenoxy) is 2. The van der Waals surface area contributed by atoms with Crippen LogP contribution in [0.2, 0.25) is 0 Å². The molecule has 220 valence electrons. The molecule has 0 bridgehead atoms. The number of fused-ring (bicyclic) bond motifs is 1. The van der Waals surface area contributed by atoms with Crippen molar-refractivity contribution in [2.45, 2.75) is 90.0 Å². The van der Waals surface area contributed by atoms with Crippen molar-refractivity contribution >= 4 is 56.5 Å². The first-order valence-electron chi connectivity index (χ1n) is 13.3. The maximum atomic E-state index is 15.9. The summed E-state index contributed by atoms with van der Waals surface area (Å²) in [6.45, 7) is 12.9. The summed E-state index contributed by atoms with van der Waals surface area (Å²) in [6, 6.07) is 3.35. The SMILES string of the molecule is CC#Cc1c(SC)nc2c(F)c(Br)c(CCC#N)cc2c1N(C(=O)OC(C)(C)C)C1CCN(C(=O)OC(C)(C)C)C1. The lowest BCUT2D eigenvalue weighted by atomic mass is 10.0. The second-order valence-corrected chi connectivity index (χ2v) is 13.2. The number of halogens is 2. The number of rotatable bonds is 5. The van der Waals surface area contributed by atoms with Gasteiger partial charge in [-0.15, -0.1) is 17.7 Å². The summed E-state index contributed by atoms with van der Waals surface area (Å²) < 4.78 is 27.6. The van der Waals surface area contributed by atoms with Crippen LogP contribution in [-0.4, -0.2) is 58.7 Å². The molecule has 1 atom stereocenters. The normalized spacial score (nSPS) is 15.2. The van der Waals surface area contributed by atoms with Crippen LogP contribution < -0.4 is 4.90 Å². The quantitative estimate of drug-likeness (QED) is 0.246. The fourth-order valence-corrected chi connectivity index (χ4v) is 5.57. The Labute approximate surface area is 254 Å². The minimum absolute atomic E-state index is 0.0640. The molecule has 1 unspecified atom stereocenters. The van der Waals surface area contributed by atoms with Crippen molar-refractivity contribution in [2.24, 2.45) is 0 Å². The first kappa shape index (κ1) is 32.5. The zero-order chi connectivity index (χ0) is 30.7. The van der Waals surface area contributed by atoms with E-state index in [1.54, 1.807) is 59.4 Å². The van der Waals surface area contributed by atoms with Crippen molar-refractivity contribution in [3.05, 3.63) is 27.5 Å². The van der Waals surface area contributed by atoms with Gasteiger partial charge in [-0.1, -0.05) is 5.92 Å². The van der Waals surface area contributed by atoms with E-state index in [0.717, 1.165) is 0 Å². The number of aryl methyl sites for hydroxylation is 1. The minimum Gasteiger partial charge on any atom is -0.444 e. The van der Waals surface area contributed by atoms with Crippen LogP contribution in [0.3, 0.4) is 0 Å². The number of amides is 2. The standard InChI is InChI=1S/C30H36BrFN4O4S/c1-9-11-20-25(21-16-18(12-10-14-33)22(31)23(32)24(21)34-26(20)41-8)36(28(38)40-30(5,6)7)19-13-15-35(17-19)27(37)39-29(2,3)4/h16,19H,10,12-13,15,17H2,1-8H3. The van der Waals surface area contributed by atoms with Gasteiger partial charge in [0, 0.05) is 24.9 Å². The molecule has 0 aliphatic carbocycles. The van der Waals surface area contributed by atoms with Gasteiger partial charge in [-0.3, -0.25) is 4.90 Å². The Morgan fingerprint density at radius 3 is 2.46 bits per heavy atom. The molecule has 1 aromatic heterocycles. The molecule has 1 fully saturated rings. The molecule has 1 aliphatic rings. The smallest absolute Gasteiger partial charge is 0.415 e. The maximum Gasteiger partial charge on any atom is 0.415 e. The molecule has 41 heavy (non-hydrogen) atoms. The van der Waals surface area contributed by atoms with Crippen LogP contribution in [0, 0.1) is 29.0 Å². The van der Waals surface area contributed by atoms with Crippen molar-refractivity contribution in [1.82, 2.24) is 9.88 Å². The number of likely N-dealkylation sites (tertiary alicyclic amines) is 1. The lowest BCUT2D eigenvalue weighted by Crippen LogP contribution is -2.46. The summed E-state index contributed by atoms with van der Waals surface area (Å²) in [5, 5.41) is 10.0. The topological polar surface area (TPSA) is 95.8 Å². The average molecular weight is 648 g/mol. The molecule has 8 nitrogen and oxygen atoms in total. The number of nitrogens with zero attached hydrogens (tertiary/aromatic N) is 4. The summed E-state index contributed by atoms with van der Waals surface area (Å²) in [5.74, 6) is 5.42. The van der Waals surface area contributed by atoms with E-state index in [-0.39, 0.29) is 23.0 Å². The number of hydrogen-bond acceptors (Lipinski definition) is 7. The van der Waals surface area contributed by atoms with Gasteiger partial charge in [0.25, 0.3) is 0 Å². The van der Waals surface area contributed by atoms with Crippen LogP contribution in [0.1, 0.15) is 72.4 Å². The molecule has 2 amide bonds. The summed E-state index contributed by atoms with van der Waals surface area (Å²) in [6.07, 6.45) is 1.61. The van der Waals surface area contributed by atoms with Gasteiger partial charge >= 0.3 is 12.2 Å². The minimum atomic E-state index is -0.827. The van der Waals surface area contributed by atoms with Gasteiger partial charge in [0.2, 0.25) is 0 Å². The van der Waals surface area contributed by atoms with Crippen LogP contribution in [-0.2, 0) is 15.9 Å². The monoisotopic (exact) mass is 646 g/mol. The average Bonchev–Trinajstić information content (AvgIpc) is 3.34. The Morgan fingerprint density at radius 1 is 1.24 bits per heavy atom. The van der Waals surface area contributed by atoms with Crippen LogP contribution in [0.25, 0.3) is 10.9 Å². The van der Waals surface area contributed by atoms with Gasteiger partial charge in [-0.05, 0) is 95.1 Å². The fraction of sp³-hybridized carbons (Fsp3) is 0.533. The van der Waals surface area contributed by atoms with Crippen molar-refractivity contribution in [3.8, 4) is 17.9 Å². The largest absolute Gasteiger partial charge is 0.444 e. The van der Waals surface area contributed by atoms with E-state index < -0.39 is 35.2 Å². The number of anilines is 1. The first-order chi connectivity index (χ1) is 19.1. The highest BCUT2D eigenvalue weighted by molar-refractivity contribution is 9.10. The predicted octanol–water partition coefficient (Wildman–Crippen LogP) is 7.44. The number of benzene rings is 1. The molecule has 1 aliphatic heterocycles. The third-order valence-corrected chi connectivity index (χ3v) is 7.68. The number of pyridine rings is 1. The van der Waals surface area contributed by atoms with Gasteiger partial charge < -0.3 is 14.4 Å². The number of thioether (sulfide) groups is 1. The second kappa shape index (κ2) is 12.9. The highest BCUT2D eigenvalue weighted by Crippen LogP contribution is 2.41. The molecule has 0 radical (unpaired) electrons. The molecule has 1 saturated heterocycles.